The Morgan fingerprint density at radius 1 is 1.28 bits per heavy atom. The van der Waals surface area contributed by atoms with E-state index in [0.717, 1.165) is 28.0 Å². The molecule has 0 spiro atoms. The maximum Gasteiger partial charge on any atom is 0.144 e. The van der Waals surface area contributed by atoms with Gasteiger partial charge in [0.05, 0.1) is 17.6 Å². The molecule has 0 unspecified atom stereocenters. The maximum absolute atomic E-state index is 4.32. The second-order valence-corrected chi connectivity index (χ2v) is 4.19. The predicted octanol–water partition coefficient (Wildman–Crippen LogP) is 2.01. The van der Waals surface area contributed by atoms with E-state index in [1.165, 1.54) is 0 Å². The van der Waals surface area contributed by atoms with Crippen molar-refractivity contribution >= 4 is 17.1 Å². The highest BCUT2D eigenvalue weighted by atomic mass is 15.2. The molecular formula is C13H13N5. The summed E-state index contributed by atoms with van der Waals surface area (Å²) < 4.78 is 3.83. The molecule has 3 aromatic rings. The molecule has 0 fully saturated rings. The monoisotopic (exact) mass is 239 g/mol. The largest absolute Gasteiger partial charge is 0.328 e. The minimum absolute atomic E-state index is 0.853. The molecule has 18 heavy (non-hydrogen) atoms. The fourth-order valence-corrected chi connectivity index (χ4v) is 2.15. The summed E-state index contributed by atoms with van der Waals surface area (Å²) in [5.74, 6) is 0. The SMILES string of the molecule is C=Cc1ncnc2c1cc(-c1cnn(C)c1)n2C. The summed E-state index contributed by atoms with van der Waals surface area (Å²) in [5.41, 5.74) is 3.89. The lowest BCUT2D eigenvalue weighted by atomic mass is 10.2. The molecule has 5 heteroatoms. The molecule has 3 aromatic heterocycles. The first-order valence-corrected chi connectivity index (χ1v) is 5.62. The van der Waals surface area contributed by atoms with Gasteiger partial charge in [-0.2, -0.15) is 5.10 Å². The highest BCUT2D eigenvalue weighted by molar-refractivity contribution is 5.89. The standard InChI is InChI=1S/C13H13N5/c1-4-11-10-5-12(9-6-16-17(2)7-9)18(3)13(10)15-8-14-11/h4-8H,1H2,2-3H3. The van der Waals surface area contributed by atoms with E-state index < -0.39 is 0 Å². The van der Waals surface area contributed by atoms with Crippen LogP contribution in [-0.2, 0) is 14.1 Å². The van der Waals surface area contributed by atoms with Gasteiger partial charge in [-0.15, -0.1) is 0 Å². The van der Waals surface area contributed by atoms with E-state index in [4.69, 9.17) is 0 Å². The van der Waals surface area contributed by atoms with E-state index in [-0.39, 0.29) is 0 Å². The van der Waals surface area contributed by atoms with Gasteiger partial charge in [0.2, 0.25) is 0 Å². The Balaban J connectivity index is 2.32. The average Bonchev–Trinajstić information content (AvgIpc) is 2.94. The Morgan fingerprint density at radius 2 is 2.11 bits per heavy atom. The molecule has 3 heterocycles. The molecular weight excluding hydrogens is 226 g/mol. The van der Waals surface area contributed by atoms with Gasteiger partial charge in [-0.25, -0.2) is 9.97 Å². The summed E-state index contributed by atoms with van der Waals surface area (Å²) in [4.78, 5) is 8.53. The molecule has 5 nitrogen and oxygen atoms in total. The van der Waals surface area contributed by atoms with E-state index in [2.05, 4.69) is 27.7 Å². The zero-order chi connectivity index (χ0) is 12.7. The Bertz CT molecular complexity index is 735. The van der Waals surface area contributed by atoms with Gasteiger partial charge < -0.3 is 4.57 Å². The Morgan fingerprint density at radius 3 is 2.78 bits per heavy atom. The third-order valence-electron chi connectivity index (χ3n) is 3.05. The fourth-order valence-electron chi connectivity index (χ4n) is 2.15. The normalized spacial score (nSPS) is 11.0. The van der Waals surface area contributed by atoms with Crippen molar-refractivity contribution in [2.75, 3.05) is 0 Å². The van der Waals surface area contributed by atoms with Gasteiger partial charge in [0.25, 0.3) is 0 Å². The van der Waals surface area contributed by atoms with Crippen molar-refractivity contribution < 1.29 is 0 Å². The van der Waals surface area contributed by atoms with E-state index >= 15 is 0 Å². The predicted molar refractivity (Wildman–Crippen MR) is 70.8 cm³/mol. The average molecular weight is 239 g/mol. The van der Waals surface area contributed by atoms with Crippen LogP contribution in [0.5, 0.6) is 0 Å². The molecule has 90 valence electrons. The first-order chi connectivity index (χ1) is 8.70. The summed E-state index contributed by atoms with van der Waals surface area (Å²) in [6, 6.07) is 2.07. The topological polar surface area (TPSA) is 48.5 Å². The van der Waals surface area contributed by atoms with Crippen molar-refractivity contribution in [3.63, 3.8) is 0 Å². The first kappa shape index (κ1) is 10.7. The van der Waals surface area contributed by atoms with Gasteiger partial charge in [-0.1, -0.05) is 6.58 Å². The summed E-state index contributed by atoms with van der Waals surface area (Å²) in [7, 11) is 3.89. The van der Waals surface area contributed by atoms with Crippen LogP contribution in [-0.4, -0.2) is 24.3 Å². The number of rotatable bonds is 2. The quantitative estimate of drug-likeness (QED) is 0.687. The zero-order valence-corrected chi connectivity index (χ0v) is 10.3. The fraction of sp³-hybridized carbons (Fsp3) is 0.154. The van der Waals surface area contributed by atoms with Gasteiger partial charge in [-0.3, -0.25) is 4.68 Å². The maximum atomic E-state index is 4.32. The highest BCUT2D eigenvalue weighted by Gasteiger charge is 2.12. The van der Waals surface area contributed by atoms with Crippen molar-refractivity contribution in [2.24, 2.45) is 14.1 Å². The smallest absolute Gasteiger partial charge is 0.144 e. The molecule has 3 rings (SSSR count). The van der Waals surface area contributed by atoms with Crippen molar-refractivity contribution in [1.82, 2.24) is 24.3 Å². The summed E-state index contributed by atoms with van der Waals surface area (Å²) in [6.45, 7) is 3.78. The molecule has 0 saturated carbocycles. The number of aryl methyl sites for hydroxylation is 2. The number of nitrogens with zero attached hydrogens (tertiary/aromatic N) is 5. The summed E-state index contributed by atoms with van der Waals surface area (Å²) in [6.07, 6.45) is 7.13. The van der Waals surface area contributed by atoms with Crippen LogP contribution in [0.3, 0.4) is 0 Å². The zero-order valence-electron chi connectivity index (χ0n) is 10.3. The molecule has 0 aliphatic carbocycles. The lowest BCUT2D eigenvalue weighted by Crippen LogP contribution is -1.93. The molecule has 0 aromatic carbocycles. The minimum atomic E-state index is 0.853. The van der Waals surface area contributed by atoms with Crippen LogP contribution in [0.1, 0.15) is 5.69 Å². The third kappa shape index (κ3) is 1.44. The molecule has 0 saturated heterocycles. The van der Waals surface area contributed by atoms with Crippen LogP contribution in [0.4, 0.5) is 0 Å². The molecule has 0 amide bonds. The van der Waals surface area contributed by atoms with Crippen LogP contribution in [0.2, 0.25) is 0 Å². The van der Waals surface area contributed by atoms with E-state index in [9.17, 15) is 0 Å². The minimum Gasteiger partial charge on any atom is -0.328 e. The number of hydrogen-bond donors (Lipinski definition) is 0. The van der Waals surface area contributed by atoms with Gasteiger partial charge >= 0.3 is 0 Å². The van der Waals surface area contributed by atoms with Crippen molar-refractivity contribution in [3.05, 3.63) is 37.1 Å². The van der Waals surface area contributed by atoms with E-state index in [0.29, 0.717) is 0 Å². The second kappa shape index (κ2) is 3.80. The van der Waals surface area contributed by atoms with Crippen LogP contribution in [0, 0.1) is 0 Å². The molecule has 0 bridgehead atoms. The van der Waals surface area contributed by atoms with Gasteiger partial charge in [-0.05, 0) is 12.1 Å². The van der Waals surface area contributed by atoms with Crippen LogP contribution < -0.4 is 0 Å². The van der Waals surface area contributed by atoms with Crippen LogP contribution in [0.25, 0.3) is 28.4 Å². The second-order valence-electron chi connectivity index (χ2n) is 4.19. The van der Waals surface area contributed by atoms with Crippen molar-refractivity contribution in [1.29, 1.82) is 0 Å². The third-order valence-corrected chi connectivity index (χ3v) is 3.05. The number of fused-ring (bicyclic) bond motifs is 1. The van der Waals surface area contributed by atoms with Crippen molar-refractivity contribution in [3.8, 4) is 11.3 Å². The van der Waals surface area contributed by atoms with Crippen LogP contribution >= 0.6 is 0 Å². The number of hydrogen-bond acceptors (Lipinski definition) is 3. The Labute approximate surface area is 104 Å². The Hall–Kier alpha value is -2.43. The lowest BCUT2D eigenvalue weighted by Gasteiger charge is -2.00. The van der Waals surface area contributed by atoms with Gasteiger partial charge in [0.1, 0.15) is 12.0 Å². The molecule has 0 radical (unpaired) electrons. The van der Waals surface area contributed by atoms with Gasteiger partial charge in [0, 0.05) is 31.2 Å². The van der Waals surface area contributed by atoms with E-state index in [1.54, 1.807) is 17.1 Å². The van der Waals surface area contributed by atoms with E-state index in [1.807, 2.05) is 31.1 Å². The van der Waals surface area contributed by atoms with Gasteiger partial charge in [0.15, 0.2) is 0 Å². The molecule has 0 N–H and O–H groups in total. The lowest BCUT2D eigenvalue weighted by molar-refractivity contribution is 0.768. The van der Waals surface area contributed by atoms with Crippen LogP contribution in [0.15, 0.2) is 31.4 Å². The summed E-state index contributed by atoms with van der Waals surface area (Å²) >= 11 is 0. The Kier molecular flexibility index (Phi) is 2.26. The molecule has 0 aliphatic rings. The number of aromatic nitrogens is 5. The van der Waals surface area contributed by atoms with Crippen molar-refractivity contribution in [2.45, 2.75) is 0 Å². The molecule has 0 aliphatic heterocycles. The summed E-state index contributed by atoms with van der Waals surface area (Å²) in [5, 5.41) is 5.20. The highest BCUT2D eigenvalue weighted by Crippen LogP contribution is 2.27. The molecule has 0 atom stereocenters. The first-order valence-electron chi connectivity index (χ1n) is 5.62.